The Morgan fingerprint density at radius 3 is 2.36 bits per heavy atom. The first-order valence-corrected chi connectivity index (χ1v) is 9.63. The lowest BCUT2D eigenvalue weighted by atomic mass is 9.93. The maximum absolute atomic E-state index is 11.7. The highest BCUT2D eigenvalue weighted by Crippen LogP contribution is 2.22. The van der Waals surface area contributed by atoms with Gasteiger partial charge in [0.05, 0.1) is 25.7 Å². The second-order valence-electron chi connectivity index (χ2n) is 6.82. The topological polar surface area (TPSA) is 55.8 Å². The van der Waals surface area contributed by atoms with Crippen LogP contribution in [0.4, 0.5) is 0 Å². The van der Waals surface area contributed by atoms with Gasteiger partial charge in [-0.05, 0) is 34.7 Å². The SMILES string of the molecule is O=C(O)C(CCOCCOCc1ccccc1)Cc1cccc2ccccc12. The third kappa shape index (κ3) is 5.91. The fourth-order valence-electron chi connectivity index (χ4n) is 3.26. The molecule has 0 saturated carbocycles. The summed E-state index contributed by atoms with van der Waals surface area (Å²) in [5.74, 6) is -1.24. The van der Waals surface area contributed by atoms with E-state index in [4.69, 9.17) is 9.47 Å². The van der Waals surface area contributed by atoms with Gasteiger partial charge in [0.2, 0.25) is 0 Å². The summed E-state index contributed by atoms with van der Waals surface area (Å²) in [7, 11) is 0. The standard InChI is InChI=1S/C24H26O4/c25-24(26)22(17-21-11-6-10-20-9-4-5-12-23(20)21)13-14-27-15-16-28-18-19-7-2-1-3-8-19/h1-12,22H,13-18H2,(H,25,26). The van der Waals surface area contributed by atoms with Crippen molar-refractivity contribution in [1.82, 2.24) is 0 Å². The molecule has 3 rings (SSSR count). The monoisotopic (exact) mass is 378 g/mol. The number of carboxylic acids is 1. The fraction of sp³-hybridized carbons (Fsp3) is 0.292. The molecule has 1 N–H and O–H groups in total. The van der Waals surface area contributed by atoms with Crippen molar-refractivity contribution in [3.63, 3.8) is 0 Å². The summed E-state index contributed by atoms with van der Waals surface area (Å²) in [6.45, 7) is 1.93. The molecule has 1 unspecified atom stereocenters. The second-order valence-corrected chi connectivity index (χ2v) is 6.82. The highest BCUT2D eigenvalue weighted by atomic mass is 16.5. The van der Waals surface area contributed by atoms with Crippen molar-refractivity contribution < 1.29 is 19.4 Å². The summed E-state index contributed by atoms with van der Waals surface area (Å²) in [4.78, 5) is 11.7. The fourth-order valence-corrected chi connectivity index (χ4v) is 3.26. The molecule has 0 spiro atoms. The van der Waals surface area contributed by atoms with Crippen LogP contribution in [0.3, 0.4) is 0 Å². The summed E-state index contributed by atoms with van der Waals surface area (Å²) >= 11 is 0. The van der Waals surface area contributed by atoms with Gasteiger partial charge in [-0.2, -0.15) is 0 Å². The van der Waals surface area contributed by atoms with Gasteiger partial charge in [-0.1, -0.05) is 72.8 Å². The van der Waals surface area contributed by atoms with E-state index in [1.165, 1.54) is 0 Å². The smallest absolute Gasteiger partial charge is 0.306 e. The summed E-state index contributed by atoms with van der Waals surface area (Å²) in [6.07, 6.45) is 0.988. The van der Waals surface area contributed by atoms with Gasteiger partial charge in [0.15, 0.2) is 0 Å². The maximum Gasteiger partial charge on any atom is 0.306 e. The molecule has 0 saturated heterocycles. The molecule has 3 aromatic carbocycles. The normalized spacial score (nSPS) is 12.1. The van der Waals surface area contributed by atoms with Gasteiger partial charge in [-0.15, -0.1) is 0 Å². The first-order valence-electron chi connectivity index (χ1n) is 9.63. The van der Waals surface area contributed by atoms with E-state index in [0.717, 1.165) is 21.9 Å². The van der Waals surface area contributed by atoms with Crippen LogP contribution < -0.4 is 0 Å². The molecular weight excluding hydrogens is 352 g/mol. The van der Waals surface area contributed by atoms with Crippen LogP contribution in [0.15, 0.2) is 72.8 Å². The van der Waals surface area contributed by atoms with Crippen molar-refractivity contribution in [3.05, 3.63) is 83.9 Å². The number of aliphatic carboxylic acids is 1. The second kappa shape index (κ2) is 10.6. The molecule has 4 nitrogen and oxygen atoms in total. The Morgan fingerprint density at radius 1 is 0.821 bits per heavy atom. The zero-order chi connectivity index (χ0) is 19.6. The Labute approximate surface area is 165 Å². The van der Waals surface area contributed by atoms with E-state index >= 15 is 0 Å². The summed E-state index contributed by atoms with van der Waals surface area (Å²) in [6, 6.07) is 24.1. The lowest BCUT2D eigenvalue weighted by molar-refractivity contribution is -0.142. The summed E-state index contributed by atoms with van der Waals surface area (Å²) < 4.78 is 11.2. The quantitative estimate of drug-likeness (QED) is 0.491. The molecule has 0 fully saturated rings. The van der Waals surface area contributed by atoms with Gasteiger partial charge < -0.3 is 14.6 Å². The first kappa shape index (κ1) is 20.1. The predicted octanol–water partition coefficient (Wildman–Crippen LogP) is 4.71. The zero-order valence-corrected chi connectivity index (χ0v) is 15.9. The van der Waals surface area contributed by atoms with E-state index in [1.807, 2.05) is 72.8 Å². The molecule has 0 heterocycles. The van der Waals surface area contributed by atoms with Crippen molar-refractivity contribution in [2.75, 3.05) is 19.8 Å². The Balaban J connectivity index is 1.42. The van der Waals surface area contributed by atoms with Crippen LogP contribution in [0.25, 0.3) is 10.8 Å². The van der Waals surface area contributed by atoms with E-state index in [0.29, 0.717) is 39.3 Å². The number of carbonyl (C=O) groups is 1. The number of fused-ring (bicyclic) bond motifs is 1. The average molecular weight is 378 g/mol. The van der Waals surface area contributed by atoms with Gasteiger partial charge in [0.25, 0.3) is 0 Å². The van der Waals surface area contributed by atoms with Crippen molar-refractivity contribution in [3.8, 4) is 0 Å². The van der Waals surface area contributed by atoms with Crippen molar-refractivity contribution in [2.24, 2.45) is 5.92 Å². The van der Waals surface area contributed by atoms with Crippen LogP contribution in [-0.4, -0.2) is 30.9 Å². The summed E-state index contributed by atoms with van der Waals surface area (Å²) in [5, 5.41) is 11.8. The molecule has 0 aliphatic carbocycles. The number of ether oxygens (including phenoxy) is 2. The molecule has 1 atom stereocenters. The van der Waals surface area contributed by atoms with Gasteiger partial charge in [0.1, 0.15) is 0 Å². The molecule has 0 aliphatic heterocycles. The molecule has 28 heavy (non-hydrogen) atoms. The molecule has 0 aliphatic rings. The molecule has 4 heteroatoms. The highest BCUT2D eigenvalue weighted by molar-refractivity contribution is 5.86. The van der Waals surface area contributed by atoms with Gasteiger partial charge in [-0.3, -0.25) is 4.79 Å². The Kier molecular flexibility index (Phi) is 7.59. The van der Waals surface area contributed by atoms with Crippen molar-refractivity contribution >= 4 is 16.7 Å². The van der Waals surface area contributed by atoms with Crippen LogP contribution in [0.1, 0.15) is 17.5 Å². The third-order valence-corrected chi connectivity index (χ3v) is 4.79. The minimum Gasteiger partial charge on any atom is -0.481 e. The van der Waals surface area contributed by atoms with Gasteiger partial charge in [-0.25, -0.2) is 0 Å². The lowest BCUT2D eigenvalue weighted by Crippen LogP contribution is -2.19. The lowest BCUT2D eigenvalue weighted by Gasteiger charge is -2.14. The van der Waals surface area contributed by atoms with Crippen molar-refractivity contribution in [1.29, 1.82) is 0 Å². The summed E-state index contributed by atoms with van der Waals surface area (Å²) in [5.41, 5.74) is 2.19. The van der Waals surface area contributed by atoms with E-state index in [-0.39, 0.29) is 0 Å². The van der Waals surface area contributed by atoms with E-state index < -0.39 is 11.9 Å². The van der Waals surface area contributed by atoms with Gasteiger partial charge >= 0.3 is 5.97 Å². The van der Waals surface area contributed by atoms with Crippen LogP contribution in [0, 0.1) is 5.92 Å². The minimum absolute atomic E-state index is 0.413. The molecule has 3 aromatic rings. The minimum atomic E-state index is -0.781. The Morgan fingerprint density at radius 2 is 1.54 bits per heavy atom. The zero-order valence-electron chi connectivity index (χ0n) is 15.9. The maximum atomic E-state index is 11.7. The van der Waals surface area contributed by atoms with Crippen LogP contribution in [-0.2, 0) is 27.3 Å². The molecule has 0 radical (unpaired) electrons. The predicted molar refractivity (Wildman–Crippen MR) is 110 cm³/mol. The highest BCUT2D eigenvalue weighted by Gasteiger charge is 2.19. The number of rotatable bonds is 11. The van der Waals surface area contributed by atoms with E-state index in [1.54, 1.807) is 0 Å². The number of carboxylic acid groups (broad SMARTS) is 1. The Hall–Kier alpha value is -2.69. The number of benzene rings is 3. The molecule has 0 bridgehead atoms. The third-order valence-electron chi connectivity index (χ3n) is 4.79. The molecule has 0 aromatic heterocycles. The van der Waals surface area contributed by atoms with Crippen LogP contribution in [0.2, 0.25) is 0 Å². The van der Waals surface area contributed by atoms with E-state index in [2.05, 4.69) is 0 Å². The molecular formula is C24H26O4. The molecule has 0 amide bonds. The number of hydrogen-bond acceptors (Lipinski definition) is 3. The Bertz CT molecular complexity index is 871. The number of hydrogen-bond donors (Lipinski definition) is 1. The van der Waals surface area contributed by atoms with Crippen molar-refractivity contribution in [2.45, 2.75) is 19.4 Å². The van der Waals surface area contributed by atoms with Gasteiger partial charge in [0, 0.05) is 6.61 Å². The molecule has 146 valence electrons. The largest absolute Gasteiger partial charge is 0.481 e. The van der Waals surface area contributed by atoms with Crippen LogP contribution in [0.5, 0.6) is 0 Å². The first-order chi connectivity index (χ1) is 13.7. The van der Waals surface area contributed by atoms with E-state index in [9.17, 15) is 9.90 Å². The van der Waals surface area contributed by atoms with Crippen LogP contribution >= 0.6 is 0 Å². The average Bonchev–Trinajstić information content (AvgIpc) is 2.73.